The minimum Gasteiger partial charge on any atom is -0.477 e. The standard InChI is InChI=1S/C20H13NO4S/c22-17-8-16-19-14(3-5-21(16)9-15(17)20(23)24)13-2-1-11(7-18(13)25-19)12-4-6-26-10-12/h1-2,4,6-10H,3,5H2,(H,23,24). The van der Waals surface area contributed by atoms with E-state index >= 15 is 0 Å². The molecule has 128 valence electrons. The Bertz CT molecular complexity index is 1230. The molecule has 0 saturated heterocycles. The maximum atomic E-state index is 12.1. The zero-order chi connectivity index (χ0) is 17.8. The van der Waals surface area contributed by atoms with Gasteiger partial charge in [-0.05, 0) is 40.4 Å². The van der Waals surface area contributed by atoms with E-state index in [1.54, 1.807) is 15.9 Å². The van der Waals surface area contributed by atoms with Crippen LogP contribution in [0.25, 0.3) is 33.6 Å². The number of aromatic carboxylic acids is 1. The Morgan fingerprint density at radius 1 is 1.19 bits per heavy atom. The molecule has 1 aromatic carbocycles. The third-order valence-corrected chi connectivity index (χ3v) is 5.52. The zero-order valence-corrected chi connectivity index (χ0v) is 14.4. The molecule has 4 heterocycles. The first kappa shape index (κ1) is 15.2. The van der Waals surface area contributed by atoms with Crippen molar-refractivity contribution in [2.45, 2.75) is 13.0 Å². The summed E-state index contributed by atoms with van der Waals surface area (Å²) in [7, 11) is 0. The van der Waals surface area contributed by atoms with Crippen LogP contribution < -0.4 is 5.43 Å². The van der Waals surface area contributed by atoms with Crippen molar-refractivity contribution in [1.29, 1.82) is 0 Å². The Labute approximate surface area is 151 Å². The summed E-state index contributed by atoms with van der Waals surface area (Å²) in [4.78, 5) is 23.3. The average Bonchev–Trinajstić information content (AvgIpc) is 3.28. The van der Waals surface area contributed by atoms with Gasteiger partial charge in [0, 0.05) is 29.8 Å². The number of thiophene rings is 1. The van der Waals surface area contributed by atoms with Crippen LogP contribution in [0, 0.1) is 0 Å². The smallest absolute Gasteiger partial charge is 0.341 e. The molecule has 1 aliphatic heterocycles. The summed E-state index contributed by atoms with van der Waals surface area (Å²) in [5.41, 5.74) is 4.00. The molecule has 0 fully saturated rings. The summed E-state index contributed by atoms with van der Waals surface area (Å²) in [6.07, 6.45) is 2.14. The second kappa shape index (κ2) is 5.44. The molecule has 0 aliphatic carbocycles. The van der Waals surface area contributed by atoms with Gasteiger partial charge in [-0.25, -0.2) is 4.79 Å². The number of aryl methyl sites for hydroxylation is 2. The zero-order valence-electron chi connectivity index (χ0n) is 13.6. The van der Waals surface area contributed by atoms with Gasteiger partial charge in [-0.15, -0.1) is 0 Å². The van der Waals surface area contributed by atoms with Crippen molar-refractivity contribution in [3.05, 3.63) is 68.6 Å². The van der Waals surface area contributed by atoms with Crippen LogP contribution in [0.4, 0.5) is 0 Å². The number of carboxylic acids is 1. The van der Waals surface area contributed by atoms with Crippen molar-refractivity contribution in [2.75, 3.05) is 0 Å². The SMILES string of the molecule is O=C(O)c1cn2c(cc1=O)-c1oc3cc(-c4ccsc4)ccc3c1CC2. The molecule has 26 heavy (non-hydrogen) atoms. The molecule has 1 aliphatic rings. The fourth-order valence-electron chi connectivity index (χ4n) is 3.56. The minimum atomic E-state index is -1.21. The van der Waals surface area contributed by atoms with Crippen LogP contribution in [0.1, 0.15) is 15.9 Å². The monoisotopic (exact) mass is 363 g/mol. The predicted octanol–water partition coefficient (Wildman–Crippen LogP) is 4.24. The van der Waals surface area contributed by atoms with E-state index in [-0.39, 0.29) is 5.56 Å². The number of pyridine rings is 1. The summed E-state index contributed by atoms with van der Waals surface area (Å²) < 4.78 is 7.89. The molecule has 1 N–H and O–H groups in total. The van der Waals surface area contributed by atoms with Gasteiger partial charge in [0.2, 0.25) is 0 Å². The normalized spacial score (nSPS) is 12.8. The number of nitrogens with zero attached hydrogens (tertiary/aromatic N) is 1. The molecule has 0 amide bonds. The maximum Gasteiger partial charge on any atom is 0.341 e. The number of furan rings is 1. The molecule has 3 aromatic heterocycles. The number of carbonyl (C=O) groups is 1. The van der Waals surface area contributed by atoms with Gasteiger partial charge in [0.25, 0.3) is 0 Å². The topological polar surface area (TPSA) is 72.4 Å². The number of rotatable bonds is 2. The van der Waals surface area contributed by atoms with Crippen LogP contribution in [0.2, 0.25) is 0 Å². The van der Waals surface area contributed by atoms with E-state index in [4.69, 9.17) is 9.52 Å². The largest absolute Gasteiger partial charge is 0.477 e. The van der Waals surface area contributed by atoms with Gasteiger partial charge >= 0.3 is 5.97 Å². The van der Waals surface area contributed by atoms with Crippen molar-refractivity contribution in [3.8, 4) is 22.6 Å². The fraction of sp³-hybridized carbons (Fsp3) is 0.100. The molecule has 0 radical (unpaired) electrons. The number of fused-ring (bicyclic) bond motifs is 5. The highest BCUT2D eigenvalue weighted by molar-refractivity contribution is 7.08. The van der Waals surface area contributed by atoms with E-state index in [1.165, 1.54) is 12.3 Å². The summed E-state index contributed by atoms with van der Waals surface area (Å²) in [6, 6.07) is 9.59. The Balaban J connectivity index is 1.72. The highest BCUT2D eigenvalue weighted by Crippen LogP contribution is 2.38. The highest BCUT2D eigenvalue weighted by Gasteiger charge is 2.24. The third kappa shape index (κ3) is 2.16. The number of hydrogen-bond donors (Lipinski definition) is 1. The van der Waals surface area contributed by atoms with Crippen LogP contribution in [0.5, 0.6) is 0 Å². The van der Waals surface area contributed by atoms with Crippen molar-refractivity contribution in [1.82, 2.24) is 4.57 Å². The molecule has 0 unspecified atom stereocenters. The van der Waals surface area contributed by atoms with E-state index in [1.807, 2.05) is 11.4 Å². The minimum absolute atomic E-state index is 0.215. The molecular formula is C20H13NO4S. The second-order valence-corrected chi connectivity index (χ2v) is 7.10. The lowest BCUT2D eigenvalue weighted by molar-refractivity contribution is 0.0694. The lowest BCUT2D eigenvalue weighted by Crippen LogP contribution is -2.21. The van der Waals surface area contributed by atoms with E-state index in [0.717, 1.165) is 34.1 Å². The first-order valence-corrected chi connectivity index (χ1v) is 9.12. The Morgan fingerprint density at radius 2 is 2.08 bits per heavy atom. The van der Waals surface area contributed by atoms with Gasteiger partial charge in [0.15, 0.2) is 11.2 Å². The molecule has 5 nitrogen and oxygen atoms in total. The van der Waals surface area contributed by atoms with E-state index in [9.17, 15) is 9.59 Å². The maximum absolute atomic E-state index is 12.1. The molecule has 0 spiro atoms. The van der Waals surface area contributed by atoms with Gasteiger partial charge in [0.1, 0.15) is 11.1 Å². The van der Waals surface area contributed by atoms with Crippen LogP contribution in [-0.2, 0) is 13.0 Å². The van der Waals surface area contributed by atoms with Crippen molar-refractivity contribution >= 4 is 28.3 Å². The molecule has 4 aromatic rings. The number of benzene rings is 1. The average molecular weight is 363 g/mol. The molecule has 6 heteroatoms. The summed E-state index contributed by atoms with van der Waals surface area (Å²) >= 11 is 1.65. The lowest BCUT2D eigenvalue weighted by Gasteiger charge is -2.18. The Morgan fingerprint density at radius 3 is 2.85 bits per heavy atom. The van der Waals surface area contributed by atoms with Crippen molar-refractivity contribution in [3.63, 3.8) is 0 Å². The van der Waals surface area contributed by atoms with E-state index < -0.39 is 11.4 Å². The number of carboxylic acid groups (broad SMARTS) is 1. The van der Waals surface area contributed by atoms with Gasteiger partial charge < -0.3 is 14.1 Å². The number of hydrogen-bond acceptors (Lipinski definition) is 4. The van der Waals surface area contributed by atoms with Crippen LogP contribution in [0.3, 0.4) is 0 Å². The number of aromatic nitrogens is 1. The predicted molar refractivity (Wildman–Crippen MR) is 99.9 cm³/mol. The highest BCUT2D eigenvalue weighted by atomic mass is 32.1. The van der Waals surface area contributed by atoms with E-state index in [0.29, 0.717) is 18.0 Å². The Kier molecular flexibility index (Phi) is 3.17. The first-order chi connectivity index (χ1) is 12.6. The molecule has 0 atom stereocenters. The summed E-state index contributed by atoms with van der Waals surface area (Å²) in [5.74, 6) is -0.552. The molecular weight excluding hydrogens is 350 g/mol. The third-order valence-electron chi connectivity index (χ3n) is 4.84. The van der Waals surface area contributed by atoms with Gasteiger partial charge in [-0.2, -0.15) is 11.3 Å². The first-order valence-electron chi connectivity index (χ1n) is 8.18. The molecule has 0 bridgehead atoms. The van der Waals surface area contributed by atoms with Gasteiger partial charge in [-0.3, -0.25) is 4.79 Å². The second-order valence-electron chi connectivity index (χ2n) is 6.32. The van der Waals surface area contributed by atoms with E-state index in [2.05, 4.69) is 23.6 Å². The lowest BCUT2D eigenvalue weighted by atomic mass is 10.00. The summed E-state index contributed by atoms with van der Waals surface area (Å²) in [6.45, 7) is 0.615. The van der Waals surface area contributed by atoms with Crippen LogP contribution in [0.15, 0.2) is 56.5 Å². The van der Waals surface area contributed by atoms with Gasteiger partial charge in [-0.1, -0.05) is 12.1 Å². The molecule has 0 saturated carbocycles. The summed E-state index contributed by atoms with van der Waals surface area (Å²) in [5, 5.41) is 14.3. The fourth-order valence-corrected chi connectivity index (χ4v) is 4.23. The quantitative estimate of drug-likeness (QED) is 0.578. The molecule has 5 rings (SSSR count). The Hall–Kier alpha value is -3.12. The van der Waals surface area contributed by atoms with Crippen molar-refractivity contribution < 1.29 is 14.3 Å². The van der Waals surface area contributed by atoms with Gasteiger partial charge in [0.05, 0.1) is 5.69 Å². The van der Waals surface area contributed by atoms with Crippen LogP contribution >= 0.6 is 11.3 Å². The van der Waals surface area contributed by atoms with Crippen LogP contribution in [-0.4, -0.2) is 15.6 Å². The van der Waals surface area contributed by atoms with Crippen molar-refractivity contribution in [2.24, 2.45) is 0 Å².